The first kappa shape index (κ1) is 16.3. The molecule has 6 heteroatoms. The molecule has 0 unspecified atom stereocenters. The Morgan fingerprint density at radius 1 is 1.32 bits per heavy atom. The predicted molar refractivity (Wildman–Crippen MR) is 85.8 cm³/mol. The molecule has 0 fully saturated rings. The van der Waals surface area contributed by atoms with Gasteiger partial charge in [0.25, 0.3) is 5.91 Å². The molecular weight excluding hydrogens is 302 g/mol. The highest BCUT2D eigenvalue weighted by Crippen LogP contribution is 2.34. The third-order valence-corrected chi connectivity index (χ3v) is 4.44. The summed E-state index contributed by atoms with van der Waals surface area (Å²) >= 11 is 1.39. The van der Waals surface area contributed by atoms with E-state index >= 15 is 0 Å². The number of hydrogen-bond donors (Lipinski definition) is 1. The van der Waals surface area contributed by atoms with Crippen molar-refractivity contribution >= 4 is 28.2 Å². The molecule has 2 rings (SSSR count). The lowest BCUT2D eigenvalue weighted by Gasteiger charge is -2.07. The second kappa shape index (κ2) is 6.79. The summed E-state index contributed by atoms with van der Waals surface area (Å²) in [6, 6.07) is 1.61. The number of nitrogens with one attached hydrogen (secondary N) is 1. The third kappa shape index (κ3) is 3.06. The van der Waals surface area contributed by atoms with Gasteiger partial charge in [-0.3, -0.25) is 4.79 Å². The molecule has 5 nitrogen and oxygen atoms in total. The Kier molecular flexibility index (Phi) is 5.03. The molecule has 0 aliphatic rings. The van der Waals surface area contributed by atoms with Crippen LogP contribution in [0.1, 0.15) is 50.8 Å². The standard InChI is InChI=1S/C16H19NO4S/c1-5-11-10(4)22-15(13(11)16(19)20-6-2)17-14(18)12-7-8-21-9(12)3/h7-8H,5-6H2,1-4H3,(H,17,18). The molecule has 118 valence electrons. The number of carbonyl (C=O) groups is 2. The molecule has 22 heavy (non-hydrogen) atoms. The molecule has 0 atom stereocenters. The van der Waals surface area contributed by atoms with Gasteiger partial charge in [0.2, 0.25) is 0 Å². The van der Waals surface area contributed by atoms with Gasteiger partial charge in [0.05, 0.1) is 24.0 Å². The van der Waals surface area contributed by atoms with Gasteiger partial charge >= 0.3 is 5.97 Å². The smallest absolute Gasteiger partial charge is 0.341 e. The number of esters is 1. The summed E-state index contributed by atoms with van der Waals surface area (Å²) in [5.74, 6) is -0.150. The van der Waals surface area contributed by atoms with E-state index in [0.717, 1.165) is 10.4 Å². The van der Waals surface area contributed by atoms with E-state index in [2.05, 4.69) is 5.32 Å². The number of rotatable bonds is 5. The number of thiophene rings is 1. The van der Waals surface area contributed by atoms with E-state index in [4.69, 9.17) is 9.15 Å². The first-order valence-electron chi connectivity index (χ1n) is 7.14. The van der Waals surface area contributed by atoms with Crippen molar-refractivity contribution in [3.63, 3.8) is 0 Å². The number of aryl methyl sites for hydroxylation is 2. The minimum absolute atomic E-state index is 0.291. The fourth-order valence-electron chi connectivity index (χ4n) is 2.30. The van der Waals surface area contributed by atoms with Crippen LogP contribution in [-0.4, -0.2) is 18.5 Å². The topological polar surface area (TPSA) is 68.5 Å². The van der Waals surface area contributed by atoms with Crippen molar-refractivity contribution in [2.45, 2.75) is 34.1 Å². The van der Waals surface area contributed by atoms with Crippen LogP contribution in [0.3, 0.4) is 0 Å². The lowest BCUT2D eigenvalue weighted by Crippen LogP contribution is -2.15. The van der Waals surface area contributed by atoms with E-state index in [9.17, 15) is 9.59 Å². The van der Waals surface area contributed by atoms with E-state index in [-0.39, 0.29) is 5.91 Å². The molecule has 0 saturated heterocycles. The first-order valence-corrected chi connectivity index (χ1v) is 7.96. The van der Waals surface area contributed by atoms with E-state index < -0.39 is 5.97 Å². The number of amides is 1. The number of anilines is 1. The summed E-state index contributed by atoms with van der Waals surface area (Å²) in [7, 11) is 0. The normalized spacial score (nSPS) is 10.5. The van der Waals surface area contributed by atoms with Crippen molar-refractivity contribution in [1.29, 1.82) is 0 Å². The number of carbonyl (C=O) groups excluding carboxylic acids is 2. The largest absolute Gasteiger partial charge is 0.469 e. The zero-order valence-electron chi connectivity index (χ0n) is 13.1. The van der Waals surface area contributed by atoms with E-state index in [1.54, 1.807) is 19.9 Å². The first-order chi connectivity index (χ1) is 10.5. The molecule has 1 amide bonds. The lowest BCUT2D eigenvalue weighted by atomic mass is 10.1. The average molecular weight is 321 g/mol. The molecule has 0 saturated carbocycles. The molecule has 0 radical (unpaired) electrons. The fourth-order valence-corrected chi connectivity index (χ4v) is 3.43. The second-order valence-corrected chi connectivity index (χ2v) is 5.98. The minimum atomic E-state index is -0.400. The number of hydrogen-bond acceptors (Lipinski definition) is 5. The van der Waals surface area contributed by atoms with Gasteiger partial charge in [-0.2, -0.15) is 0 Å². The summed E-state index contributed by atoms with van der Waals surface area (Å²) in [4.78, 5) is 25.5. The zero-order chi connectivity index (χ0) is 16.3. The Labute approximate surface area is 133 Å². The highest BCUT2D eigenvalue weighted by molar-refractivity contribution is 7.16. The monoisotopic (exact) mass is 321 g/mol. The van der Waals surface area contributed by atoms with E-state index in [1.165, 1.54) is 17.6 Å². The molecule has 1 N–H and O–H groups in total. The van der Waals surface area contributed by atoms with Gasteiger partial charge in [0, 0.05) is 4.88 Å². The lowest BCUT2D eigenvalue weighted by molar-refractivity contribution is 0.0527. The van der Waals surface area contributed by atoms with Gasteiger partial charge in [0.1, 0.15) is 10.8 Å². The van der Waals surface area contributed by atoms with Crippen LogP contribution >= 0.6 is 11.3 Å². The molecule has 2 heterocycles. The van der Waals surface area contributed by atoms with Crippen LogP contribution in [0, 0.1) is 13.8 Å². The molecule has 0 bridgehead atoms. The van der Waals surface area contributed by atoms with Crippen molar-refractivity contribution in [2.75, 3.05) is 11.9 Å². The Balaban J connectivity index is 2.36. The van der Waals surface area contributed by atoms with Gasteiger partial charge in [-0.15, -0.1) is 11.3 Å². The van der Waals surface area contributed by atoms with Gasteiger partial charge in [-0.1, -0.05) is 6.92 Å². The zero-order valence-corrected chi connectivity index (χ0v) is 13.9. The van der Waals surface area contributed by atoms with Crippen molar-refractivity contribution in [1.82, 2.24) is 0 Å². The van der Waals surface area contributed by atoms with Gasteiger partial charge in [-0.25, -0.2) is 4.79 Å². The Morgan fingerprint density at radius 3 is 2.59 bits per heavy atom. The highest BCUT2D eigenvalue weighted by atomic mass is 32.1. The molecular formula is C16H19NO4S. The highest BCUT2D eigenvalue weighted by Gasteiger charge is 2.24. The maximum Gasteiger partial charge on any atom is 0.341 e. The number of ether oxygens (including phenoxy) is 1. The summed E-state index contributed by atoms with van der Waals surface area (Å²) in [6.07, 6.45) is 2.17. The van der Waals surface area contributed by atoms with Crippen molar-refractivity contribution in [2.24, 2.45) is 0 Å². The SMILES string of the molecule is CCOC(=O)c1c(NC(=O)c2ccoc2C)sc(C)c1CC. The molecule has 0 aliphatic carbocycles. The van der Waals surface area contributed by atoms with E-state index in [1.807, 2.05) is 13.8 Å². The summed E-state index contributed by atoms with van der Waals surface area (Å²) < 4.78 is 10.3. The maximum absolute atomic E-state index is 12.3. The predicted octanol–water partition coefficient (Wildman–Crippen LogP) is 3.95. The van der Waals surface area contributed by atoms with Crippen LogP contribution in [0.15, 0.2) is 16.7 Å². The Hall–Kier alpha value is -2.08. The van der Waals surface area contributed by atoms with Crippen LogP contribution in [0.4, 0.5) is 5.00 Å². The maximum atomic E-state index is 12.3. The fraction of sp³-hybridized carbons (Fsp3) is 0.375. The van der Waals surface area contributed by atoms with Crippen LogP contribution < -0.4 is 5.32 Å². The van der Waals surface area contributed by atoms with Gasteiger partial charge in [-0.05, 0) is 38.8 Å². The third-order valence-electron chi connectivity index (χ3n) is 3.37. The average Bonchev–Trinajstić information content (AvgIpc) is 3.02. The second-order valence-electron chi connectivity index (χ2n) is 4.76. The van der Waals surface area contributed by atoms with Crippen molar-refractivity contribution in [3.8, 4) is 0 Å². The minimum Gasteiger partial charge on any atom is -0.469 e. The van der Waals surface area contributed by atoms with Gasteiger partial charge < -0.3 is 14.5 Å². The van der Waals surface area contributed by atoms with Crippen molar-refractivity contribution < 1.29 is 18.7 Å². The van der Waals surface area contributed by atoms with Crippen LogP contribution in [-0.2, 0) is 11.2 Å². The summed E-state index contributed by atoms with van der Waals surface area (Å²) in [6.45, 7) is 7.69. The van der Waals surface area contributed by atoms with Crippen LogP contribution in [0.5, 0.6) is 0 Å². The molecule has 2 aromatic heterocycles. The van der Waals surface area contributed by atoms with Crippen molar-refractivity contribution in [3.05, 3.63) is 39.7 Å². The van der Waals surface area contributed by atoms with Gasteiger partial charge in [0.15, 0.2) is 0 Å². The molecule has 0 spiro atoms. The van der Waals surface area contributed by atoms with Crippen LogP contribution in [0.25, 0.3) is 0 Å². The molecule has 0 aliphatic heterocycles. The summed E-state index contributed by atoms with van der Waals surface area (Å²) in [5.41, 5.74) is 1.84. The summed E-state index contributed by atoms with van der Waals surface area (Å²) in [5, 5.41) is 3.33. The molecule has 2 aromatic rings. The Bertz CT molecular complexity index is 699. The molecule has 0 aromatic carbocycles. The van der Waals surface area contributed by atoms with E-state index in [0.29, 0.717) is 34.9 Å². The number of furan rings is 1. The quantitative estimate of drug-likeness (QED) is 0.847. The Morgan fingerprint density at radius 2 is 2.05 bits per heavy atom. The van der Waals surface area contributed by atoms with Crippen LogP contribution in [0.2, 0.25) is 0 Å².